The second kappa shape index (κ2) is 5.19. The summed E-state index contributed by atoms with van der Waals surface area (Å²) < 4.78 is 51.0. The highest BCUT2D eigenvalue weighted by Crippen LogP contribution is 2.36. The quantitative estimate of drug-likeness (QED) is 0.808. The maximum atomic E-state index is 13.4. The molecular weight excluding hydrogens is 305 g/mol. The average Bonchev–Trinajstić information content (AvgIpc) is 2.09. The van der Waals surface area contributed by atoms with Gasteiger partial charge in [-0.2, -0.15) is 18.2 Å². The monoisotopic (exact) mass is 326 g/mol. The first-order valence-corrected chi connectivity index (χ1v) is 13.1. The molecule has 1 N–H and O–H groups in total. The second-order valence-corrected chi connectivity index (χ2v) is 15.4. The standard InChI is InChI=1S/C11H21F3N2O2Si2/c1-19(2,3)17-9-7-8-15-11(16-9,10(12,13)14)18-20(4,5)6/h7-8,15H,1-6H3. The molecule has 0 aromatic rings. The summed E-state index contributed by atoms with van der Waals surface area (Å²) in [5, 5.41) is 2.20. The number of halogens is 3. The van der Waals surface area contributed by atoms with E-state index in [1.807, 2.05) is 19.6 Å². The Kier molecular flexibility index (Phi) is 4.47. The van der Waals surface area contributed by atoms with E-state index in [1.54, 1.807) is 19.6 Å². The average molecular weight is 326 g/mol. The van der Waals surface area contributed by atoms with Crippen molar-refractivity contribution in [3.8, 4) is 0 Å². The molecule has 1 unspecified atom stereocenters. The van der Waals surface area contributed by atoms with Crippen molar-refractivity contribution in [2.75, 3.05) is 0 Å². The summed E-state index contributed by atoms with van der Waals surface area (Å²) in [6, 6.07) is 0. The SMILES string of the molecule is C[Si](C)(C)OC1=NC(O[Si](C)(C)C)(C(F)(F)F)NC=C1. The second-order valence-electron chi connectivity index (χ2n) is 6.50. The van der Waals surface area contributed by atoms with Crippen LogP contribution in [0.15, 0.2) is 17.3 Å². The third-order valence-corrected chi connectivity index (χ3v) is 3.75. The number of alkyl halides is 3. The third-order valence-electron chi connectivity index (χ3n) is 2.02. The summed E-state index contributed by atoms with van der Waals surface area (Å²) in [7, 11) is -4.53. The van der Waals surface area contributed by atoms with Gasteiger partial charge in [-0.1, -0.05) is 0 Å². The smallest absolute Gasteiger partial charge is 0.459 e. The zero-order chi connectivity index (χ0) is 15.8. The van der Waals surface area contributed by atoms with Gasteiger partial charge in [0, 0.05) is 12.3 Å². The highest BCUT2D eigenvalue weighted by molar-refractivity contribution is 6.71. The Labute approximate surface area is 119 Å². The number of hydrogen-bond donors (Lipinski definition) is 1. The zero-order valence-corrected chi connectivity index (χ0v) is 14.6. The zero-order valence-electron chi connectivity index (χ0n) is 12.6. The predicted molar refractivity (Wildman–Crippen MR) is 77.4 cm³/mol. The van der Waals surface area contributed by atoms with Gasteiger partial charge in [0.2, 0.25) is 14.2 Å². The summed E-state index contributed by atoms with van der Waals surface area (Å²) in [5.74, 6) is -2.79. The summed E-state index contributed by atoms with van der Waals surface area (Å²) in [6.45, 7) is 10.7. The normalized spacial score (nSPS) is 24.1. The Balaban J connectivity index is 3.16. The van der Waals surface area contributed by atoms with Crippen molar-refractivity contribution in [2.45, 2.75) is 51.3 Å². The Morgan fingerprint density at radius 1 is 1.10 bits per heavy atom. The van der Waals surface area contributed by atoms with E-state index in [9.17, 15) is 13.2 Å². The molecule has 0 saturated carbocycles. The van der Waals surface area contributed by atoms with E-state index in [1.165, 1.54) is 12.3 Å². The Hall–Kier alpha value is -0.806. The van der Waals surface area contributed by atoms with E-state index in [0.29, 0.717) is 0 Å². The molecule has 1 heterocycles. The van der Waals surface area contributed by atoms with Gasteiger partial charge >= 0.3 is 12.0 Å². The van der Waals surface area contributed by atoms with E-state index < -0.39 is 28.7 Å². The van der Waals surface area contributed by atoms with Crippen LogP contribution in [0.4, 0.5) is 13.2 Å². The Morgan fingerprint density at radius 2 is 1.65 bits per heavy atom. The lowest BCUT2D eigenvalue weighted by Crippen LogP contribution is -2.61. The topological polar surface area (TPSA) is 42.9 Å². The van der Waals surface area contributed by atoms with Gasteiger partial charge in [-0.3, -0.25) is 0 Å². The molecule has 0 radical (unpaired) electrons. The van der Waals surface area contributed by atoms with Crippen LogP contribution in [0.5, 0.6) is 0 Å². The fourth-order valence-corrected chi connectivity index (χ4v) is 3.37. The summed E-state index contributed by atoms with van der Waals surface area (Å²) in [5.41, 5.74) is 0. The molecule has 116 valence electrons. The van der Waals surface area contributed by atoms with E-state index in [4.69, 9.17) is 8.85 Å². The number of nitrogens with zero attached hydrogens (tertiary/aromatic N) is 1. The Bertz CT molecular complexity index is 425. The molecule has 1 rings (SSSR count). The van der Waals surface area contributed by atoms with Gasteiger partial charge in [0.05, 0.1) is 0 Å². The van der Waals surface area contributed by atoms with E-state index in [0.717, 1.165) is 0 Å². The molecule has 1 atom stereocenters. The highest BCUT2D eigenvalue weighted by atomic mass is 28.4. The maximum absolute atomic E-state index is 13.4. The number of rotatable bonds is 3. The molecule has 0 saturated heterocycles. The van der Waals surface area contributed by atoms with Crippen LogP contribution in [0, 0.1) is 0 Å². The van der Waals surface area contributed by atoms with Crippen LogP contribution >= 0.6 is 0 Å². The first kappa shape index (κ1) is 17.2. The van der Waals surface area contributed by atoms with Crippen molar-refractivity contribution in [1.82, 2.24) is 5.32 Å². The Morgan fingerprint density at radius 3 is 2.05 bits per heavy atom. The van der Waals surface area contributed by atoms with Crippen molar-refractivity contribution in [3.63, 3.8) is 0 Å². The largest absolute Gasteiger partial charge is 0.532 e. The molecule has 0 bridgehead atoms. The first-order chi connectivity index (χ1) is 8.74. The first-order valence-electron chi connectivity index (χ1n) is 6.24. The summed E-state index contributed by atoms with van der Waals surface area (Å²) in [6.07, 6.45) is -2.11. The molecule has 9 heteroatoms. The van der Waals surface area contributed by atoms with Crippen LogP contribution in [0.1, 0.15) is 0 Å². The predicted octanol–water partition coefficient (Wildman–Crippen LogP) is 3.42. The van der Waals surface area contributed by atoms with Crippen molar-refractivity contribution in [2.24, 2.45) is 4.99 Å². The third kappa shape index (κ3) is 4.63. The minimum Gasteiger partial charge on any atom is -0.532 e. The molecule has 0 aromatic carbocycles. The van der Waals surface area contributed by atoms with Gasteiger partial charge in [0.1, 0.15) is 0 Å². The summed E-state index contributed by atoms with van der Waals surface area (Å²) in [4.78, 5) is 3.67. The molecule has 0 fully saturated rings. The fourth-order valence-electron chi connectivity index (χ4n) is 1.52. The van der Waals surface area contributed by atoms with Gasteiger partial charge in [-0.25, -0.2) is 0 Å². The molecule has 1 aliphatic rings. The molecule has 20 heavy (non-hydrogen) atoms. The molecule has 0 amide bonds. The minimum absolute atomic E-state index is 0.0431. The number of nitrogens with one attached hydrogen (secondary N) is 1. The van der Waals surface area contributed by atoms with Crippen molar-refractivity contribution < 1.29 is 22.0 Å². The van der Waals surface area contributed by atoms with Crippen LogP contribution in [0.2, 0.25) is 39.3 Å². The molecule has 0 spiro atoms. The molecule has 1 aliphatic heterocycles. The highest BCUT2D eigenvalue weighted by Gasteiger charge is 2.59. The van der Waals surface area contributed by atoms with Crippen LogP contribution in [0.3, 0.4) is 0 Å². The number of aliphatic imine (C=N–C) groups is 1. The molecule has 0 aromatic heterocycles. The van der Waals surface area contributed by atoms with Gasteiger partial charge in [-0.15, -0.1) is 0 Å². The van der Waals surface area contributed by atoms with Gasteiger partial charge in [-0.05, 0) is 39.3 Å². The van der Waals surface area contributed by atoms with Gasteiger partial charge in [0.15, 0.2) is 8.32 Å². The van der Waals surface area contributed by atoms with Crippen molar-refractivity contribution in [1.29, 1.82) is 0 Å². The molecular formula is C11H21F3N2O2Si2. The van der Waals surface area contributed by atoms with Crippen LogP contribution in [-0.4, -0.2) is 34.6 Å². The molecule has 4 nitrogen and oxygen atoms in total. The van der Waals surface area contributed by atoms with E-state index >= 15 is 0 Å². The van der Waals surface area contributed by atoms with Crippen molar-refractivity contribution in [3.05, 3.63) is 12.3 Å². The lowest BCUT2D eigenvalue weighted by molar-refractivity contribution is -0.257. The van der Waals surface area contributed by atoms with Crippen LogP contribution in [0.25, 0.3) is 0 Å². The van der Waals surface area contributed by atoms with E-state index in [-0.39, 0.29) is 5.90 Å². The number of hydrogen-bond acceptors (Lipinski definition) is 4. The van der Waals surface area contributed by atoms with E-state index in [2.05, 4.69) is 10.3 Å². The van der Waals surface area contributed by atoms with Crippen LogP contribution < -0.4 is 5.32 Å². The lowest BCUT2D eigenvalue weighted by Gasteiger charge is -2.39. The summed E-state index contributed by atoms with van der Waals surface area (Å²) >= 11 is 0. The fraction of sp³-hybridized carbons (Fsp3) is 0.727. The van der Waals surface area contributed by atoms with Gasteiger partial charge < -0.3 is 14.2 Å². The van der Waals surface area contributed by atoms with Gasteiger partial charge in [0.25, 0.3) is 0 Å². The minimum atomic E-state index is -4.67. The lowest BCUT2D eigenvalue weighted by atomic mass is 10.3. The van der Waals surface area contributed by atoms with Crippen molar-refractivity contribution >= 4 is 22.5 Å². The maximum Gasteiger partial charge on any atom is 0.459 e. The molecule has 0 aliphatic carbocycles. The van der Waals surface area contributed by atoms with Crippen LogP contribution in [-0.2, 0) is 8.85 Å².